The summed E-state index contributed by atoms with van der Waals surface area (Å²) in [6.07, 6.45) is 9.34. The number of hydrogen-bond acceptors (Lipinski definition) is 2. The van der Waals surface area contributed by atoms with Crippen LogP contribution in [0.2, 0.25) is 0 Å². The van der Waals surface area contributed by atoms with Gasteiger partial charge in [-0.15, -0.1) is 0 Å². The highest BCUT2D eigenvalue weighted by molar-refractivity contribution is 7.81. The summed E-state index contributed by atoms with van der Waals surface area (Å²) in [5.41, 5.74) is -0.0290. The predicted molar refractivity (Wildman–Crippen MR) is 75.9 cm³/mol. The van der Waals surface area contributed by atoms with Gasteiger partial charge in [0.15, 0.2) is 0 Å². The van der Waals surface area contributed by atoms with E-state index in [0.29, 0.717) is 5.25 Å². The van der Waals surface area contributed by atoms with Gasteiger partial charge in [-0.3, -0.25) is 0 Å². The van der Waals surface area contributed by atoms with E-state index in [0.717, 1.165) is 10.5 Å². The monoisotopic (exact) mass is 248 g/mol. The van der Waals surface area contributed by atoms with Crippen LogP contribution in [0.4, 0.5) is 0 Å². The number of unbranched alkanes of at least 4 members (excludes halogenated alkanes) is 5. The van der Waals surface area contributed by atoms with Crippen molar-refractivity contribution in [3.05, 3.63) is 0 Å². The molecule has 0 amide bonds. The van der Waals surface area contributed by atoms with Crippen LogP contribution < -0.4 is 0 Å². The lowest BCUT2D eigenvalue weighted by Crippen LogP contribution is -2.34. The summed E-state index contributed by atoms with van der Waals surface area (Å²) in [6.45, 7) is 6.55. The molecule has 0 heterocycles. The van der Waals surface area contributed by atoms with Crippen LogP contribution in [-0.4, -0.2) is 21.3 Å². The van der Waals surface area contributed by atoms with Gasteiger partial charge in [-0.25, -0.2) is 0 Å². The molecule has 1 unspecified atom stereocenters. The van der Waals surface area contributed by atoms with Crippen molar-refractivity contribution in [3.8, 4) is 0 Å². The number of rotatable bonds is 9. The van der Waals surface area contributed by atoms with Crippen molar-refractivity contribution in [2.45, 2.75) is 76.6 Å². The smallest absolute Gasteiger partial charge is 0.146 e. The molecule has 0 aliphatic heterocycles. The summed E-state index contributed by atoms with van der Waals surface area (Å²) in [6, 6.07) is 0. The van der Waals surface area contributed by atoms with Gasteiger partial charge in [-0.2, -0.15) is 12.6 Å². The fraction of sp³-hybridized carbons (Fsp3) is 1.00. The minimum absolute atomic E-state index is 0.0290. The van der Waals surface area contributed by atoms with Crippen molar-refractivity contribution < 1.29 is 4.43 Å². The molecule has 0 aromatic rings. The third-order valence-electron chi connectivity index (χ3n) is 3.16. The van der Waals surface area contributed by atoms with E-state index in [1.807, 2.05) is 0 Å². The Morgan fingerprint density at radius 1 is 1.13 bits per heavy atom. The molecular formula is C12H28OSSi. The number of thiol groups is 1. The molecule has 0 aliphatic carbocycles. The molecule has 3 heteroatoms. The normalized spacial score (nSPS) is 14.4. The molecule has 1 atom stereocenters. The van der Waals surface area contributed by atoms with E-state index in [-0.39, 0.29) is 5.60 Å². The van der Waals surface area contributed by atoms with Crippen molar-refractivity contribution in [1.29, 1.82) is 0 Å². The van der Waals surface area contributed by atoms with Crippen molar-refractivity contribution >= 4 is 23.1 Å². The molecule has 0 spiro atoms. The van der Waals surface area contributed by atoms with E-state index in [1.54, 1.807) is 0 Å². The van der Waals surface area contributed by atoms with Crippen LogP contribution >= 0.6 is 12.6 Å². The van der Waals surface area contributed by atoms with Gasteiger partial charge in [0.2, 0.25) is 0 Å². The van der Waals surface area contributed by atoms with Crippen molar-refractivity contribution in [2.75, 3.05) is 0 Å². The third kappa shape index (κ3) is 7.42. The molecular weight excluding hydrogens is 220 g/mol. The molecule has 0 bridgehead atoms. The first-order valence-corrected chi connectivity index (χ1v) is 7.61. The van der Waals surface area contributed by atoms with E-state index in [1.165, 1.54) is 44.9 Å². The van der Waals surface area contributed by atoms with Gasteiger partial charge in [0.1, 0.15) is 10.5 Å². The molecule has 0 aromatic carbocycles. The SMILES string of the molecule is CCCCCCCCC(S)C(C)(C)O[SiH3]. The molecule has 92 valence electrons. The topological polar surface area (TPSA) is 9.23 Å². The minimum Gasteiger partial charge on any atom is -0.422 e. The van der Waals surface area contributed by atoms with Gasteiger partial charge in [0, 0.05) is 5.25 Å². The zero-order valence-electron chi connectivity index (χ0n) is 10.9. The second-order valence-electron chi connectivity index (χ2n) is 4.88. The van der Waals surface area contributed by atoms with Gasteiger partial charge in [-0.1, -0.05) is 45.4 Å². The van der Waals surface area contributed by atoms with Crippen molar-refractivity contribution in [1.82, 2.24) is 0 Å². The van der Waals surface area contributed by atoms with Crippen molar-refractivity contribution in [3.63, 3.8) is 0 Å². The molecule has 0 N–H and O–H groups in total. The highest BCUT2D eigenvalue weighted by atomic mass is 32.1. The maximum absolute atomic E-state index is 5.56. The van der Waals surface area contributed by atoms with Gasteiger partial charge < -0.3 is 4.43 Å². The maximum Gasteiger partial charge on any atom is 0.146 e. The fourth-order valence-corrected chi connectivity index (χ4v) is 2.37. The Bertz CT molecular complexity index is 151. The predicted octanol–water partition coefficient (Wildman–Crippen LogP) is 3.11. The summed E-state index contributed by atoms with van der Waals surface area (Å²) in [4.78, 5) is 0. The largest absolute Gasteiger partial charge is 0.422 e. The van der Waals surface area contributed by atoms with Crippen LogP contribution in [0.25, 0.3) is 0 Å². The summed E-state index contributed by atoms with van der Waals surface area (Å²) in [5, 5.41) is 0.390. The van der Waals surface area contributed by atoms with Gasteiger partial charge >= 0.3 is 0 Å². The Morgan fingerprint density at radius 2 is 1.67 bits per heavy atom. The summed E-state index contributed by atoms with van der Waals surface area (Å²) >= 11 is 4.63. The molecule has 0 rings (SSSR count). The third-order valence-corrected chi connectivity index (χ3v) is 5.09. The lowest BCUT2D eigenvalue weighted by atomic mass is 9.99. The second-order valence-corrected chi connectivity index (χ2v) is 5.91. The average Bonchev–Trinajstić information content (AvgIpc) is 2.22. The van der Waals surface area contributed by atoms with Crippen molar-refractivity contribution in [2.24, 2.45) is 0 Å². The zero-order chi connectivity index (χ0) is 11.7. The lowest BCUT2D eigenvalue weighted by Gasteiger charge is -2.30. The van der Waals surface area contributed by atoms with Crippen LogP contribution in [0.5, 0.6) is 0 Å². The molecule has 0 saturated heterocycles. The van der Waals surface area contributed by atoms with Gasteiger partial charge in [0.05, 0.1) is 5.60 Å². The first-order chi connectivity index (χ1) is 7.04. The summed E-state index contributed by atoms with van der Waals surface area (Å²) < 4.78 is 5.56. The zero-order valence-corrected chi connectivity index (χ0v) is 13.8. The molecule has 0 aliphatic rings. The quantitative estimate of drug-likeness (QED) is 0.375. The summed E-state index contributed by atoms with van der Waals surface area (Å²) in [5.74, 6) is 0. The molecule has 0 fully saturated rings. The molecule has 0 saturated carbocycles. The molecule has 15 heavy (non-hydrogen) atoms. The van der Waals surface area contributed by atoms with Crippen LogP contribution in [-0.2, 0) is 4.43 Å². The van der Waals surface area contributed by atoms with Crippen LogP contribution in [0, 0.1) is 0 Å². The Balaban J connectivity index is 3.43. The Kier molecular flexibility index (Phi) is 8.96. The number of hydrogen-bond donors (Lipinski definition) is 1. The summed E-state index contributed by atoms with van der Waals surface area (Å²) in [7, 11) is 0.807. The van der Waals surface area contributed by atoms with E-state index in [4.69, 9.17) is 4.43 Å². The van der Waals surface area contributed by atoms with Crippen LogP contribution in [0.1, 0.15) is 65.7 Å². The van der Waals surface area contributed by atoms with Gasteiger partial charge in [-0.05, 0) is 20.3 Å². The second kappa shape index (κ2) is 8.65. The molecule has 1 nitrogen and oxygen atoms in total. The van der Waals surface area contributed by atoms with Gasteiger partial charge in [0.25, 0.3) is 0 Å². The highest BCUT2D eigenvalue weighted by Crippen LogP contribution is 2.24. The Hall–Kier alpha value is 0.527. The Labute approximate surface area is 104 Å². The van der Waals surface area contributed by atoms with E-state index in [9.17, 15) is 0 Å². The van der Waals surface area contributed by atoms with E-state index < -0.39 is 0 Å². The lowest BCUT2D eigenvalue weighted by molar-refractivity contribution is 0.117. The highest BCUT2D eigenvalue weighted by Gasteiger charge is 2.24. The van der Waals surface area contributed by atoms with Crippen LogP contribution in [0.15, 0.2) is 0 Å². The Morgan fingerprint density at radius 3 is 2.20 bits per heavy atom. The van der Waals surface area contributed by atoms with E-state index >= 15 is 0 Å². The van der Waals surface area contributed by atoms with E-state index in [2.05, 4.69) is 33.4 Å². The minimum atomic E-state index is -0.0290. The first-order valence-electron chi connectivity index (χ1n) is 6.27. The molecule has 0 aromatic heterocycles. The standard InChI is InChI=1S/C12H28OSSi/c1-4-5-6-7-8-9-10-11(14)12(2,3)13-15/h11,14H,4-10H2,1-3,15H3. The maximum atomic E-state index is 5.56. The average molecular weight is 249 g/mol. The fourth-order valence-electron chi connectivity index (χ4n) is 1.60. The van der Waals surface area contributed by atoms with Crippen LogP contribution in [0.3, 0.4) is 0 Å². The molecule has 0 radical (unpaired) electrons. The first kappa shape index (κ1) is 15.5.